The smallest absolute Gasteiger partial charge is 0.546 e. The molecule has 0 bridgehead atoms. The summed E-state index contributed by atoms with van der Waals surface area (Å²) in [5.74, 6) is -2.34. The Morgan fingerprint density at radius 1 is 1.05 bits per heavy atom. The van der Waals surface area contributed by atoms with E-state index < -0.39 is 23.6 Å². The number of Topliss-reactive ketones (excluding diaryl/α,β-unsaturated/α-hetero) is 1. The molecular formula is C12H21O6Ti. The van der Waals surface area contributed by atoms with E-state index in [2.05, 4.69) is 0 Å². The first-order valence-electron chi connectivity index (χ1n) is 6.12. The summed E-state index contributed by atoms with van der Waals surface area (Å²) in [5, 5.41) is 11.2. The van der Waals surface area contributed by atoms with Crippen LogP contribution in [0.5, 0.6) is 0 Å². The predicted molar refractivity (Wildman–Crippen MR) is 61.7 cm³/mol. The van der Waals surface area contributed by atoms with Crippen molar-refractivity contribution in [1.29, 1.82) is 0 Å². The first-order chi connectivity index (χ1) is 8.49. The number of ketones is 1. The van der Waals surface area contributed by atoms with E-state index in [0.29, 0.717) is 0 Å². The zero-order valence-corrected chi connectivity index (χ0v) is 13.4. The van der Waals surface area contributed by atoms with Crippen molar-refractivity contribution in [2.24, 2.45) is 0 Å². The molecule has 0 aromatic rings. The monoisotopic (exact) mass is 309 g/mol. The van der Waals surface area contributed by atoms with Crippen LogP contribution < -0.4 is 5.11 Å². The molecule has 0 aromatic carbocycles. The molecule has 0 rings (SSSR count). The summed E-state index contributed by atoms with van der Waals surface area (Å²) in [6.45, 7) is 7.07. The third-order valence-corrected chi connectivity index (χ3v) is 2.47. The van der Waals surface area contributed by atoms with Gasteiger partial charge in [0.25, 0.3) is 0 Å². The molecule has 1 unspecified atom stereocenters. The molecule has 6 nitrogen and oxygen atoms in total. The van der Waals surface area contributed by atoms with Crippen molar-refractivity contribution in [3.8, 4) is 0 Å². The van der Waals surface area contributed by atoms with Gasteiger partial charge in [-0.05, 0) is 27.2 Å². The van der Waals surface area contributed by atoms with E-state index in [1.165, 1.54) is 6.92 Å². The molecule has 0 amide bonds. The maximum Gasteiger partial charge on any atom is 1.00 e. The molecule has 1 radical (unpaired) electrons. The molecule has 0 aliphatic heterocycles. The SMILES string of the molecule is CCOC(OCC)C(=O)C(CC)(OCC)C(=O)[O-].[Ti+]. The van der Waals surface area contributed by atoms with Gasteiger partial charge in [0.1, 0.15) is 0 Å². The van der Waals surface area contributed by atoms with E-state index in [-0.39, 0.29) is 48.0 Å². The largest absolute Gasteiger partial charge is 1.00 e. The van der Waals surface area contributed by atoms with Gasteiger partial charge in [-0.15, -0.1) is 0 Å². The van der Waals surface area contributed by atoms with E-state index in [9.17, 15) is 14.7 Å². The van der Waals surface area contributed by atoms with Gasteiger partial charge in [-0.2, -0.15) is 0 Å². The number of aliphatic carboxylic acids is 1. The molecule has 0 N–H and O–H groups in total. The quantitative estimate of drug-likeness (QED) is 0.318. The van der Waals surface area contributed by atoms with Gasteiger partial charge in [0.2, 0.25) is 12.1 Å². The van der Waals surface area contributed by atoms with Crippen LogP contribution in [0, 0.1) is 0 Å². The summed E-state index contributed by atoms with van der Waals surface area (Å²) < 4.78 is 15.3. The molecule has 0 fully saturated rings. The van der Waals surface area contributed by atoms with Crippen LogP contribution in [0.25, 0.3) is 0 Å². The molecule has 0 saturated carbocycles. The van der Waals surface area contributed by atoms with Crippen LogP contribution in [-0.4, -0.2) is 43.5 Å². The Labute approximate surface area is 128 Å². The van der Waals surface area contributed by atoms with E-state index in [1.54, 1.807) is 20.8 Å². The van der Waals surface area contributed by atoms with Gasteiger partial charge in [-0.3, -0.25) is 4.79 Å². The van der Waals surface area contributed by atoms with Crippen LogP contribution in [-0.2, 0) is 45.5 Å². The second kappa shape index (κ2) is 10.5. The molecule has 19 heavy (non-hydrogen) atoms. The minimum absolute atomic E-state index is 0. The number of carboxylic acid groups (broad SMARTS) is 1. The predicted octanol–water partition coefficient (Wildman–Crippen LogP) is -0.113. The van der Waals surface area contributed by atoms with Crippen molar-refractivity contribution in [2.45, 2.75) is 46.0 Å². The topological polar surface area (TPSA) is 84.9 Å². The fourth-order valence-corrected chi connectivity index (χ4v) is 1.59. The number of hydrogen-bond donors (Lipinski definition) is 0. The van der Waals surface area contributed by atoms with Gasteiger partial charge in [0, 0.05) is 19.8 Å². The summed E-state index contributed by atoms with van der Waals surface area (Å²) in [7, 11) is 0. The summed E-state index contributed by atoms with van der Waals surface area (Å²) in [6, 6.07) is 0. The second-order valence-corrected chi connectivity index (χ2v) is 3.51. The van der Waals surface area contributed by atoms with Crippen LogP contribution in [0.3, 0.4) is 0 Å². The van der Waals surface area contributed by atoms with Gasteiger partial charge in [-0.25, -0.2) is 0 Å². The summed E-state index contributed by atoms with van der Waals surface area (Å²) >= 11 is 0. The summed E-state index contributed by atoms with van der Waals surface area (Å²) in [4.78, 5) is 23.4. The average molecular weight is 309 g/mol. The Bertz CT molecular complexity index is 277. The van der Waals surface area contributed by atoms with Crippen molar-refractivity contribution in [3.63, 3.8) is 0 Å². The number of hydrogen-bond acceptors (Lipinski definition) is 6. The number of carboxylic acids is 1. The molecular weight excluding hydrogens is 288 g/mol. The maximum absolute atomic E-state index is 12.2. The van der Waals surface area contributed by atoms with Crippen molar-refractivity contribution < 1.29 is 50.6 Å². The molecule has 0 aliphatic rings. The van der Waals surface area contributed by atoms with Crippen LogP contribution in [0.2, 0.25) is 0 Å². The average Bonchev–Trinajstić information content (AvgIpc) is 2.34. The third kappa shape index (κ3) is 5.32. The minimum Gasteiger partial charge on any atom is -0.546 e. The molecule has 109 valence electrons. The minimum atomic E-state index is -2.01. The Balaban J connectivity index is 0. The van der Waals surface area contributed by atoms with E-state index >= 15 is 0 Å². The maximum atomic E-state index is 12.2. The van der Waals surface area contributed by atoms with Gasteiger partial charge in [-0.1, -0.05) is 6.92 Å². The number of ether oxygens (including phenoxy) is 3. The molecule has 0 aliphatic carbocycles. The van der Waals surface area contributed by atoms with Crippen LogP contribution in [0.4, 0.5) is 0 Å². The van der Waals surface area contributed by atoms with E-state index in [1.807, 2.05) is 0 Å². The second-order valence-electron chi connectivity index (χ2n) is 3.51. The zero-order chi connectivity index (χ0) is 14.2. The van der Waals surface area contributed by atoms with Gasteiger partial charge in [0.15, 0.2) is 5.60 Å². The van der Waals surface area contributed by atoms with Crippen LogP contribution in [0.1, 0.15) is 34.1 Å². The molecule has 0 aromatic heterocycles. The number of carbonyl (C=O) groups is 2. The fraction of sp³-hybridized carbons (Fsp3) is 0.833. The number of rotatable bonds is 10. The van der Waals surface area contributed by atoms with Crippen molar-refractivity contribution in [2.75, 3.05) is 19.8 Å². The third-order valence-electron chi connectivity index (χ3n) is 2.47. The van der Waals surface area contributed by atoms with Crippen molar-refractivity contribution in [1.82, 2.24) is 0 Å². The number of carbonyl (C=O) groups excluding carboxylic acids is 2. The van der Waals surface area contributed by atoms with Gasteiger partial charge >= 0.3 is 21.7 Å². The van der Waals surface area contributed by atoms with Crippen LogP contribution in [0.15, 0.2) is 0 Å². The molecule has 7 heteroatoms. The summed E-state index contributed by atoms with van der Waals surface area (Å²) in [6.07, 6.45) is -1.29. The normalized spacial score (nSPS) is 13.7. The van der Waals surface area contributed by atoms with Gasteiger partial charge < -0.3 is 24.1 Å². The van der Waals surface area contributed by atoms with E-state index in [4.69, 9.17) is 14.2 Å². The zero-order valence-electron chi connectivity index (χ0n) is 11.9. The first-order valence-corrected chi connectivity index (χ1v) is 6.12. The Morgan fingerprint density at radius 3 is 1.79 bits per heavy atom. The van der Waals surface area contributed by atoms with Gasteiger partial charge in [0.05, 0.1) is 5.97 Å². The molecule has 0 heterocycles. The molecule has 1 atom stereocenters. The Hall–Kier alpha value is -0.266. The van der Waals surface area contributed by atoms with Crippen LogP contribution >= 0.6 is 0 Å². The standard InChI is InChI=1S/C12H22O6.Ti/c1-5-12(11(14)15,18-8-4)9(13)10(16-6-2)17-7-3;/h10H,5-8H2,1-4H3,(H,14,15);/q;+1/p-1. The fourth-order valence-electron chi connectivity index (χ4n) is 1.59. The molecule has 0 spiro atoms. The van der Waals surface area contributed by atoms with E-state index in [0.717, 1.165) is 0 Å². The molecule has 0 saturated heterocycles. The Morgan fingerprint density at radius 2 is 1.53 bits per heavy atom. The van der Waals surface area contributed by atoms with Crippen molar-refractivity contribution in [3.05, 3.63) is 0 Å². The van der Waals surface area contributed by atoms with Crippen molar-refractivity contribution >= 4 is 11.8 Å². The Kier molecular flexibility index (Phi) is 11.6. The summed E-state index contributed by atoms with van der Waals surface area (Å²) in [5.41, 5.74) is -2.01. The first kappa shape index (κ1) is 21.0.